The number of para-hydroxylation sites is 1. The highest BCUT2D eigenvalue weighted by molar-refractivity contribution is 5.84. The molecule has 1 atom stereocenters. The molecule has 3 rings (SSSR count). The number of aryl methyl sites for hydroxylation is 1. The number of hydrogen-bond acceptors (Lipinski definition) is 4. The summed E-state index contributed by atoms with van der Waals surface area (Å²) in [5.74, 6) is 1.43. The van der Waals surface area contributed by atoms with Crippen molar-refractivity contribution < 1.29 is 14.6 Å². The highest BCUT2D eigenvalue weighted by Crippen LogP contribution is 2.29. The summed E-state index contributed by atoms with van der Waals surface area (Å²) in [7, 11) is 3.28. The van der Waals surface area contributed by atoms with Crippen molar-refractivity contribution in [1.29, 1.82) is 0 Å². The maximum absolute atomic E-state index is 9.97. The first-order chi connectivity index (χ1) is 13.0. The lowest BCUT2D eigenvalue weighted by molar-refractivity contribution is 0.117. The molecule has 0 fully saturated rings. The Morgan fingerprint density at radius 1 is 1.04 bits per heavy atom. The lowest BCUT2D eigenvalue weighted by atomic mass is 10.1. The molecule has 0 radical (unpaired) electrons. The summed E-state index contributed by atoms with van der Waals surface area (Å²) in [4.78, 5) is 5.77. The number of aromatic nitrogens is 1. The second kappa shape index (κ2) is 8.46. The third-order valence-electron chi connectivity index (χ3n) is 4.83. The largest absolute Gasteiger partial charge is 0.493 e. The topological polar surface area (TPSA) is 57.7 Å². The van der Waals surface area contributed by atoms with Crippen LogP contribution in [0.2, 0.25) is 0 Å². The van der Waals surface area contributed by atoms with E-state index in [-0.39, 0.29) is 0 Å². The fourth-order valence-electron chi connectivity index (χ4n) is 3.52. The van der Waals surface area contributed by atoms with Gasteiger partial charge in [-0.15, -0.1) is 0 Å². The van der Waals surface area contributed by atoms with Crippen LogP contribution in [-0.2, 0) is 13.1 Å². The quantitative estimate of drug-likeness (QED) is 0.634. The molecular weight excluding hydrogens is 340 g/mol. The molecule has 0 bridgehead atoms. The zero-order valence-electron chi connectivity index (χ0n) is 16.5. The van der Waals surface area contributed by atoms with Gasteiger partial charge in [0.15, 0.2) is 11.5 Å². The molecule has 3 aromatic rings. The Bertz CT molecular complexity index is 902. The number of aromatic amines is 1. The predicted octanol–water partition coefficient (Wildman–Crippen LogP) is 3.88. The van der Waals surface area contributed by atoms with Crippen LogP contribution >= 0.6 is 0 Å². The molecule has 0 aliphatic carbocycles. The molecule has 0 spiro atoms. The van der Waals surface area contributed by atoms with Gasteiger partial charge in [-0.1, -0.05) is 24.3 Å². The smallest absolute Gasteiger partial charge is 0.161 e. The Labute approximate surface area is 160 Å². The molecule has 5 heteroatoms. The minimum absolute atomic E-state index is 0.408. The number of nitrogens with one attached hydrogen (secondary N) is 1. The van der Waals surface area contributed by atoms with Crippen LogP contribution in [0.3, 0.4) is 0 Å². The Morgan fingerprint density at radius 3 is 2.44 bits per heavy atom. The van der Waals surface area contributed by atoms with Crippen molar-refractivity contribution in [2.45, 2.75) is 33.0 Å². The molecule has 0 aliphatic rings. The van der Waals surface area contributed by atoms with E-state index in [0.717, 1.165) is 23.4 Å². The van der Waals surface area contributed by atoms with Gasteiger partial charge in [-0.05, 0) is 43.2 Å². The fourth-order valence-corrected chi connectivity index (χ4v) is 3.52. The average Bonchev–Trinajstić information content (AvgIpc) is 2.97. The minimum atomic E-state index is -0.408. The molecule has 5 nitrogen and oxygen atoms in total. The number of aliphatic hydroxyl groups is 1. The van der Waals surface area contributed by atoms with E-state index in [1.807, 2.05) is 31.2 Å². The van der Waals surface area contributed by atoms with E-state index in [0.29, 0.717) is 18.8 Å². The van der Waals surface area contributed by atoms with Crippen LogP contribution in [0, 0.1) is 6.92 Å². The molecule has 1 heterocycles. The molecular formula is C22H28N2O3. The molecule has 0 aliphatic heterocycles. The third-order valence-corrected chi connectivity index (χ3v) is 4.83. The number of H-pyrrole nitrogens is 1. The van der Waals surface area contributed by atoms with Crippen LogP contribution in [-0.4, -0.2) is 41.9 Å². The number of rotatable bonds is 8. The van der Waals surface area contributed by atoms with E-state index in [2.05, 4.69) is 35.0 Å². The number of nitrogens with zero attached hydrogens (tertiary/aromatic N) is 1. The summed E-state index contributed by atoms with van der Waals surface area (Å²) < 4.78 is 10.7. The Balaban J connectivity index is 1.84. The molecule has 0 saturated heterocycles. The van der Waals surface area contributed by atoms with E-state index in [9.17, 15) is 5.11 Å². The van der Waals surface area contributed by atoms with Crippen LogP contribution in [0.5, 0.6) is 11.5 Å². The maximum Gasteiger partial charge on any atom is 0.161 e. The average molecular weight is 368 g/mol. The van der Waals surface area contributed by atoms with E-state index in [1.165, 1.54) is 16.6 Å². The molecule has 0 saturated carbocycles. The lowest BCUT2D eigenvalue weighted by Gasteiger charge is -2.24. The first-order valence-electron chi connectivity index (χ1n) is 9.19. The normalized spacial score (nSPS) is 12.5. The zero-order chi connectivity index (χ0) is 19.4. The molecule has 27 heavy (non-hydrogen) atoms. The van der Waals surface area contributed by atoms with Gasteiger partial charge in [-0.3, -0.25) is 4.90 Å². The number of ether oxygens (including phenoxy) is 2. The third kappa shape index (κ3) is 4.43. The molecule has 2 aromatic carbocycles. The van der Waals surface area contributed by atoms with Crippen molar-refractivity contribution in [3.63, 3.8) is 0 Å². The molecule has 1 aromatic heterocycles. The van der Waals surface area contributed by atoms with Gasteiger partial charge in [-0.2, -0.15) is 0 Å². The highest BCUT2D eigenvalue weighted by atomic mass is 16.5. The van der Waals surface area contributed by atoms with Crippen LogP contribution in [0.4, 0.5) is 0 Å². The molecule has 0 amide bonds. The summed E-state index contributed by atoms with van der Waals surface area (Å²) in [6, 6.07) is 14.3. The summed E-state index contributed by atoms with van der Waals surface area (Å²) in [5, 5.41) is 11.2. The number of aliphatic hydroxyl groups excluding tert-OH is 1. The Kier molecular flexibility index (Phi) is 6.04. The van der Waals surface area contributed by atoms with E-state index in [1.54, 1.807) is 14.2 Å². The molecule has 144 valence electrons. The van der Waals surface area contributed by atoms with Crippen molar-refractivity contribution in [3.05, 3.63) is 59.3 Å². The minimum Gasteiger partial charge on any atom is -0.493 e. The standard InChI is InChI=1S/C22H28N2O3/c1-15(25)12-24(13-17-9-10-21(26-3)22(11-17)27-4)14-20-16(2)18-7-5-6-8-19(18)23-20/h5-11,15,23,25H,12-14H2,1-4H3. The van der Waals surface area contributed by atoms with Gasteiger partial charge in [0.05, 0.1) is 20.3 Å². The Hall–Kier alpha value is -2.50. The Morgan fingerprint density at radius 2 is 1.78 bits per heavy atom. The maximum atomic E-state index is 9.97. The van der Waals surface area contributed by atoms with Crippen LogP contribution in [0.1, 0.15) is 23.7 Å². The van der Waals surface area contributed by atoms with Crippen molar-refractivity contribution in [2.24, 2.45) is 0 Å². The highest BCUT2D eigenvalue weighted by Gasteiger charge is 2.15. The number of fused-ring (bicyclic) bond motifs is 1. The zero-order valence-corrected chi connectivity index (χ0v) is 16.5. The fraction of sp³-hybridized carbons (Fsp3) is 0.364. The van der Waals surface area contributed by atoms with E-state index >= 15 is 0 Å². The molecule has 2 N–H and O–H groups in total. The number of methoxy groups -OCH3 is 2. The second-order valence-corrected chi connectivity index (χ2v) is 6.98. The van der Waals surface area contributed by atoms with Gasteiger partial charge >= 0.3 is 0 Å². The first kappa shape index (κ1) is 19.3. The number of benzene rings is 2. The second-order valence-electron chi connectivity index (χ2n) is 6.98. The predicted molar refractivity (Wildman–Crippen MR) is 108 cm³/mol. The van der Waals surface area contributed by atoms with Crippen LogP contribution < -0.4 is 9.47 Å². The summed E-state index contributed by atoms with van der Waals surface area (Å²) in [5.41, 5.74) is 4.70. The van der Waals surface area contributed by atoms with Crippen LogP contribution in [0.25, 0.3) is 10.9 Å². The van der Waals surface area contributed by atoms with E-state index in [4.69, 9.17) is 9.47 Å². The van der Waals surface area contributed by atoms with Crippen molar-refractivity contribution >= 4 is 10.9 Å². The van der Waals surface area contributed by atoms with Gasteiger partial charge < -0.3 is 19.6 Å². The number of hydrogen-bond donors (Lipinski definition) is 2. The van der Waals surface area contributed by atoms with Gasteiger partial charge in [0, 0.05) is 36.2 Å². The summed E-state index contributed by atoms with van der Waals surface area (Å²) in [6.07, 6.45) is -0.408. The van der Waals surface area contributed by atoms with Gasteiger partial charge in [-0.25, -0.2) is 0 Å². The van der Waals surface area contributed by atoms with Gasteiger partial charge in [0.25, 0.3) is 0 Å². The molecule has 1 unspecified atom stereocenters. The van der Waals surface area contributed by atoms with Crippen molar-refractivity contribution in [1.82, 2.24) is 9.88 Å². The van der Waals surface area contributed by atoms with E-state index < -0.39 is 6.10 Å². The van der Waals surface area contributed by atoms with Gasteiger partial charge in [0.2, 0.25) is 0 Å². The first-order valence-corrected chi connectivity index (χ1v) is 9.19. The summed E-state index contributed by atoms with van der Waals surface area (Å²) >= 11 is 0. The summed E-state index contributed by atoms with van der Waals surface area (Å²) in [6.45, 7) is 5.99. The van der Waals surface area contributed by atoms with Crippen molar-refractivity contribution in [2.75, 3.05) is 20.8 Å². The van der Waals surface area contributed by atoms with Gasteiger partial charge in [0.1, 0.15) is 0 Å². The van der Waals surface area contributed by atoms with Crippen LogP contribution in [0.15, 0.2) is 42.5 Å². The lowest BCUT2D eigenvalue weighted by Crippen LogP contribution is -2.30. The monoisotopic (exact) mass is 368 g/mol. The van der Waals surface area contributed by atoms with Crippen molar-refractivity contribution in [3.8, 4) is 11.5 Å². The SMILES string of the molecule is COc1ccc(CN(Cc2[nH]c3ccccc3c2C)CC(C)O)cc1OC.